The highest BCUT2D eigenvalue weighted by Crippen LogP contribution is 2.27. The number of benzene rings is 2. The number of para-hydroxylation sites is 2. The molecule has 2 N–H and O–H groups in total. The fourth-order valence-electron chi connectivity index (χ4n) is 3.03. The molecule has 0 amide bonds. The molecule has 3 rings (SSSR count). The maximum atomic E-state index is 9.27. The molecule has 0 aliphatic heterocycles. The van der Waals surface area contributed by atoms with Crippen LogP contribution in [0.15, 0.2) is 48.5 Å². The van der Waals surface area contributed by atoms with Gasteiger partial charge in [-0.25, -0.2) is 4.98 Å². The minimum Gasteiger partial charge on any atom is -0.340 e. The van der Waals surface area contributed by atoms with Crippen LogP contribution in [-0.2, 0) is 12.8 Å². The first kappa shape index (κ1) is 18.4. The second kappa shape index (κ2) is 8.33. The monoisotopic (exact) mass is 357 g/mol. The summed E-state index contributed by atoms with van der Waals surface area (Å²) in [5, 5.41) is 15.9. The summed E-state index contributed by atoms with van der Waals surface area (Å²) in [6, 6.07) is 17.8. The third-order valence-electron chi connectivity index (χ3n) is 4.40. The molecule has 27 heavy (non-hydrogen) atoms. The van der Waals surface area contributed by atoms with Gasteiger partial charge in [-0.15, -0.1) is 0 Å². The number of rotatable bonds is 6. The first-order valence-electron chi connectivity index (χ1n) is 9.14. The average molecular weight is 357 g/mol. The maximum absolute atomic E-state index is 9.27. The van der Waals surface area contributed by atoms with E-state index in [1.54, 1.807) is 6.07 Å². The van der Waals surface area contributed by atoms with Crippen LogP contribution in [0.1, 0.15) is 36.2 Å². The summed E-state index contributed by atoms with van der Waals surface area (Å²) >= 11 is 0. The van der Waals surface area contributed by atoms with Crippen LogP contribution < -0.4 is 10.6 Å². The van der Waals surface area contributed by atoms with E-state index < -0.39 is 0 Å². The van der Waals surface area contributed by atoms with Crippen LogP contribution in [0.25, 0.3) is 0 Å². The summed E-state index contributed by atoms with van der Waals surface area (Å²) in [7, 11) is 0. The molecule has 0 atom stereocenters. The summed E-state index contributed by atoms with van der Waals surface area (Å²) in [6.45, 7) is 6.23. The molecule has 1 aromatic heterocycles. The van der Waals surface area contributed by atoms with Crippen LogP contribution in [0.3, 0.4) is 0 Å². The van der Waals surface area contributed by atoms with Crippen molar-refractivity contribution in [1.82, 2.24) is 9.97 Å². The van der Waals surface area contributed by atoms with Crippen LogP contribution in [0.4, 0.5) is 23.1 Å². The number of aryl methyl sites for hydroxylation is 3. The van der Waals surface area contributed by atoms with E-state index in [1.807, 2.05) is 31.2 Å². The lowest BCUT2D eigenvalue weighted by Gasteiger charge is -2.16. The van der Waals surface area contributed by atoms with E-state index in [-0.39, 0.29) is 0 Å². The lowest BCUT2D eigenvalue weighted by atomic mass is 10.0. The molecular weight excluding hydrogens is 334 g/mol. The highest BCUT2D eigenvalue weighted by Gasteiger charge is 2.10. The van der Waals surface area contributed by atoms with Gasteiger partial charge in [0, 0.05) is 17.4 Å². The molecule has 0 unspecified atom stereocenters. The van der Waals surface area contributed by atoms with Crippen LogP contribution in [0, 0.1) is 18.3 Å². The highest BCUT2D eigenvalue weighted by molar-refractivity contribution is 5.67. The predicted octanol–water partition coefficient (Wildman–Crippen LogP) is 5.27. The van der Waals surface area contributed by atoms with Gasteiger partial charge in [-0.3, -0.25) is 0 Å². The Morgan fingerprint density at radius 1 is 0.926 bits per heavy atom. The molecular formula is C22H23N5. The topological polar surface area (TPSA) is 73.6 Å². The second-order valence-electron chi connectivity index (χ2n) is 6.28. The van der Waals surface area contributed by atoms with Gasteiger partial charge in [0.25, 0.3) is 0 Å². The van der Waals surface area contributed by atoms with Crippen LogP contribution >= 0.6 is 0 Å². The van der Waals surface area contributed by atoms with Crippen molar-refractivity contribution in [3.8, 4) is 6.07 Å². The molecule has 1 heterocycles. The van der Waals surface area contributed by atoms with Crippen molar-refractivity contribution in [3.05, 3.63) is 70.9 Å². The minimum atomic E-state index is 0.465. The molecule has 0 bridgehead atoms. The largest absolute Gasteiger partial charge is 0.340 e. The maximum Gasteiger partial charge on any atom is 0.229 e. The Morgan fingerprint density at radius 2 is 1.63 bits per heavy atom. The molecule has 5 nitrogen and oxygen atoms in total. The Balaban J connectivity index is 1.94. The van der Waals surface area contributed by atoms with Crippen molar-refractivity contribution in [2.24, 2.45) is 0 Å². The number of hydrogen-bond acceptors (Lipinski definition) is 5. The SMILES string of the molecule is CCc1cccc(CC)c1Nc1cc(C)nc(Nc2ccccc2C#N)n1. The Kier molecular flexibility index (Phi) is 5.68. The lowest BCUT2D eigenvalue weighted by molar-refractivity contribution is 1.07. The third-order valence-corrected chi connectivity index (χ3v) is 4.40. The van der Waals surface area contributed by atoms with E-state index in [0.717, 1.165) is 30.0 Å². The highest BCUT2D eigenvalue weighted by atomic mass is 15.1. The van der Waals surface area contributed by atoms with Gasteiger partial charge in [-0.05, 0) is 43.0 Å². The van der Waals surface area contributed by atoms with Crippen LogP contribution in [0.2, 0.25) is 0 Å². The Morgan fingerprint density at radius 3 is 2.30 bits per heavy atom. The molecule has 0 saturated carbocycles. The zero-order chi connectivity index (χ0) is 19.2. The first-order chi connectivity index (χ1) is 13.1. The quantitative estimate of drug-likeness (QED) is 0.629. The van der Waals surface area contributed by atoms with Gasteiger partial charge >= 0.3 is 0 Å². The van der Waals surface area contributed by atoms with Gasteiger partial charge in [0.15, 0.2) is 0 Å². The first-order valence-corrected chi connectivity index (χ1v) is 9.14. The van der Waals surface area contributed by atoms with Crippen LogP contribution in [0.5, 0.6) is 0 Å². The van der Waals surface area contributed by atoms with Crippen LogP contribution in [-0.4, -0.2) is 9.97 Å². The van der Waals surface area contributed by atoms with Gasteiger partial charge in [0.1, 0.15) is 11.9 Å². The van der Waals surface area contributed by atoms with Gasteiger partial charge < -0.3 is 10.6 Å². The van der Waals surface area contributed by atoms with Crippen molar-refractivity contribution < 1.29 is 0 Å². The number of hydrogen-bond donors (Lipinski definition) is 2. The average Bonchev–Trinajstić information content (AvgIpc) is 2.68. The second-order valence-corrected chi connectivity index (χ2v) is 6.28. The van der Waals surface area contributed by atoms with E-state index >= 15 is 0 Å². The zero-order valence-electron chi connectivity index (χ0n) is 15.9. The fraction of sp³-hybridized carbons (Fsp3) is 0.227. The molecule has 0 fully saturated rings. The minimum absolute atomic E-state index is 0.465. The molecule has 0 spiro atoms. The predicted molar refractivity (Wildman–Crippen MR) is 110 cm³/mol. The standard InChI is InChI=1S/C22H23N5/c1-4-16-10-8-11-17(5-2)21(16)26-20-13-15(3)24-22(27-20)25-19-12-7-6-9-18(19)14-23/h6-13H,4-5H2,1-3H3,(H2,24,25,26,27). The van der Waals surface area contributed by atoms with Crippen molar-refractivity contribution in [1.29, 1.82) is 5.26 Å². The summed E-state index contributed by atoms with van der Waals surface area (Å²) in [5.41, 5.74) is 5.73. The molecule has 3 aromatic rings. The molecule has 0 radical (unpaired) electrons. The molecule has 0 saturated heterocycles. The Labute approximate surface area is 160 Å². The smallest absolute Gasteiger partial charge is 0.229 e. The molecule has 136 valence electrons. The lowest BCUT2D eigenvalue weighted by Crippen LogP contribution is -2.05. The Hall–Kier alpha value is -3.39. The number of anilines is 4. The van der Waals surface area contributed by atoms with Crippen molar-refractivity contribution in [3.63, 3.8) is 0 Å². The number of nitriles is 1. The third kappa shape index (κ3) is 4.24. The normalized spacial score (nSPS) is 10.3. The number of nitrogens with one attached hydrogen (secondary N) is 2. The van der Waals surface area contributed by atoms with E-state index in [1.165, 1.54) is 11.1 Å². The Bertz CT molecular complexity index is 966. The number of nitrogens with zero attached hydrogens (tertiary/aromatic N) is 3. The van der Waals surface area contributed by atoms with E-state index in [0.29, 0.717) is 17.2 Å². The van der Waals surface area contributed by atoms with E-state index in [4.69, 9.17) is 0 Å². The summed E-state index contributed by atoms with van der Waals surface area (Å²) in [4.78, 5) is 9.07. The molecule has 5 heteroatoms. The van der Waals surface area contributed by atoms with E-state index in [9.17, 15) is 5.26 Å². The molecule has 0 aliphatic carbocycles. The molecule has 2 aromatic carbocycles. The number of aromatic nitrogens is 2. The fourth-order valence-corrected chi connectivity index (χ4v) is 3.03. The van der Waals surface area contributed by atoms with Crippen molar-refractivity contribution >= 4 is 23.1 Å². The van der Waals surface area contributed by atoms with E-state index in [2.05, 4.69) is 58.7 Å². The zero-order valence-corrected chi connectivity index (χ0v) is 15.9. The van der Waals surface area contributed by atoms with Crippen molar-refractivity contribution in [2.75, 3.05) is 10.6 Å². The summed E-state index contributed by atoms with van der Waals surface area (Å²) < 4.78 is 0. The summed E-state index contributed by atoms with van der Waals surface area (Å²) in [5.74, 6) is 1.20. The van der Waals surface area contributed by atoms with Gasteiger partial charge in [-0.1, -0.05) is 44.2 Å². The summed E-state index contributed by atoms with van der Waals surface area (Å²) in [6.07, 6.45) is 1.89. The van der Waals surface area contributed by atoms with Crippen molar-refractivity contribution in [2.45, 2.75) is 33.6 Å². The van der Waals surface area contributed by atoms with Gasteiger partial charge in [0.2, 0.25) is 5.95 Å². The van der Waals surface area contributed by atoms with Gasteiger partial charge in [0.05, 0.1) is 11.3 Å². The molecule has 0 aliphatic rings. The van der Waals surface area contributed by atoms with Gasteiger partial charge in [-0.2, -0.15) is 10.2 Å².